The lowest BCUT2D eigenvalue weighted by Crippen LogP contribution is -1.86. The first-order chi connectivity index (χ1) is 2.81. The van der Waals surface area contributed by atoms with E-state index in [0.717, 1.165) is 0 Å². The molecule has 6 heavy (non-hydrogen) atoms. The molecule has 0 radical (unpaired) electrons. The van der Waals surface area contributed by atoms with Crippen molar-refractivity contribution in [2.24, 2.45) is 5.92 Å². The van der Waals surface area contributed by atoms with Gasteiger partial charge in [0, 0.05) is 5.88 Å². The van der Waals surface area contributed by atoms with E-state index in [2.05, 4.69) is 6.58 Å². The van der Waals surface area contributed by atoms with Gasteiger partial charge in [0.1, 0.15) is 0 Å². The number of allylic oxidation sites excluding steroid dienone is 1. The minimum absolute atomic E-state index is 0.465. The number of hydrogen-bond acceptors (Lipinski definition) is 0. The molecule has 0 heterocycles. The van der Waals surface area contributed by atoms with Crippen molar-refractivity contribution in [2.45, 2.75) is 6.92 Å². The minimum Gasteiger partial charge on any atom is -0.126 e. The molecule has 0 bridgehead atoms. The van der Waals surface area contributed by atoms with Crippen molar-refractivity contribution in [2.75, 3.05) is 5.88 Å². The minimum atomic E-state index is 0.465. The Morgan fingerprint density at radius 2 is 2.50 bits per heavy atom. The molecule has 0 N–H and O–H groups in total. The molecule has 0 aliphatic carbocycles. The summed E-state index contributed by atoms with van der Waals surface area (Å²) in [6, 6.07) is 0. The molecule has 1 atom stereocenters. The number of hydrogen-bond donors (Lipinski definition) is 0. The molecular weight excluding hydrogens is 95.5 g/mol. The number of halogens is 1. The quantitative estimate of drug-likeness (QED) is 0.372. The molecule has 0 spiro atoms. The van der Waals surface area contributed by atoms with Crippen LogP contribution in [0.2, 0.25) is 0 Å². The zero-order valence-corrected chi connectivity index (χ0v) is 4.70. The summed E-state index contributed by atoms with van der Waals surface area (Å²) in [5, 5.41) is 0. The van der Waals surface area contributed by atoms with E-state index < -0.39 is 0 Å². The second kappa shape index (κ2) is 3.23. The Morgan fingerprint density at radius 3 is 2.50 bits per heavy atom. The average Bonchev–Trinajstić information content (AvgIpc) is 1.65. The molecule has 0 fully saturated rings. The first-order valence-electron chi connectivity index (χ1n) is 1.99. The van der Waals surface area contributed by atoms with Crippen LogP contribution in [0.25, 0.3) is 0 Å². The van der Waals surface area contributed by atoms with E-state index in [1.807, 2.05) is 13.0 Å². The van der Waals surface area contributed by atoms with Gasteiger partial charge in [0.2, 0.25) is 0 Å². The normalized spacial score (nSPS) is 13.7. The summed E-state index contributed by atoms with van der Waals surface area (Å²) >= 11 is 5.38. The van der Waals surface area contributed by atoms with Gasteiger partial charge >= 0.3 is 0 Å². The molecule has 0 saturated carbocycles. The van der Waals surface area contributed by atoms with Crippen molar-refractivity contribution in [3.8, 4) is 0 Å². The van der Waals surface area contributed by atoms with E-state index in [0.29, 0.717) is 11.8 Å². The summed E-state index contributed by atoms with van der Waals surface area (Å²) in [4.78, 5) is 0. The van der Waals surface area contributed by atoms with Crippen molar-refractivity contribution in [1.29, 1.82) is 0 Å². The predicted molar refractivity (Wildman–Crippen MR) is 30.1 cm³/mol. The largest absolute Gasteiger partial charge is 0.126 e. The molecule has 0 aliphatic rings. The van der Waals surface area contributed by atoms with Crippen molar-refractivity contribution < 1.29 is 0 Å². The summed E-state index contributed by atoms with van der Waals surface area (Å²) in [7, 11) is 0. The first kappa shape index (κ1) is 6.03. The second-order valence-electron chi connectivity index (χ2n) is 1.37. The van der Waals surface area contributed by atoms with Crippen LogP contribution in [-0.2, 0) is 0 Å². The Bertz CT molecular complexity index is 41.2. The molecule has 1 unspecified atom stereocenters. The second-order valence-corrected chi connectivity index (χ2v) is 1.68. The summed E-state index contributed by atoms with van der Waals surface area (Å²) < 4.78 is 0. The third kappa shape index (κ3) is 2.28. The molecule has 0 nitrogen and oxygen atoms in total. The van der Waals surface area contributed by atoms with Crippen LogP contribution in [0, 0.1) is 5.92 Å². The Morgan fingerprint density at radius 1 is 2.00 bits per heavy atom. The topological polar surface area (TPSA) is 0 Å². The van der Waals surface area contributed by atoms with E-state index in [-0.39, 0.29) is 0 Å². The fourth-order valence-electron chi connectivity index (χ4n) is 0.0630. The summed E-state index contributed by atoms with van der Waals surface area (Å²) in [5.41, 5.74) is 0. The third-order valence-electron chi connectivity index (χ3n) is 0.646. The zero-order valence-electron chi connectivity index (χ0n) is 3.95. The molecule has 0 rings (SSSR count). The van der Waals surface area contributed by atoms with Crippen LogP contribution in [0.1, 0.15) is 6.92 Å². The molecular formula is C5H9Cl. The van der Waals surface area contributed by atoms with Crippen LogP contribution in [0.3, 0.4) is 0 Å². The molecule has 36 valence electrons. The highest BCUT2D eigenvalue weighted by Crippen LogP contribution is 1.95. The Labute approximate surface area is 43.8 Å². The lowest BCUT2D eigenvalue weighted by atomic mass is 10.2. The SMILES string of the molecule is C=CC(C)CCl. The summed E-state index contributed by atoms with van der Waals surface area (Å²) in [5.74, 6) is 1.15. The van der Waals surface area contributed by atoms with E-state index in [4.69, 9.17) is 11.6 Å². The lowest BCUT2D eigenvalue weighted by molar-refractivity contribution is 0.844. The van der Waals surface area contributed by atoms with Gasteiger partial charge in [-0.3, -0.25) is 0 Å². The van der Waals surface area contributed by atoms with Crippen molar-refractivity contribution >= 4 is 11.6 Å². The van der Waals surface area contributed by atoms with E-state index in [9.17, 15) is 0 Å². The van der Waals surface area contributed by atoms with Gasteiger partial charge < -0.3 is 0 Å². The Hall–Kier alpha value is 0.0300. The van der Waals surface area contributed by atoms with Gasteiger partial charge in [0.15, 0.2) is 0 Å². The maximum Gasteiger partial charge on any atom is 0.0283 e. The van der Waals surface area contributed by atoms with Crippen LogP contribution in [0.5, 0.6) is 0 Å². The highest BCUT2D eigenvalue weighted by Gasteiger charge is 1.86. The van der Waals surface area contributed by atoms with Crippen LogP contribution < -0.4 is 0 Å². The fourth-order valence-corrected chi connectivity index (χ4v) is 0.189. The Kier molecular flexibility index (Phi) is 3.24. The van der Waals surface area contributed by atoms with E-state index in [1.165, 1.54) is 0 Å². The van der Waals surface area contributed by atoms with Gasteiger partial charge in [0.05, 0.1) is 0 Å². The lowest BCUT2D eigenvalue weighted by Gasteiger charge is -1.92. The molecule has 0 aromatic rings. The summed E-state index contributed by atoms with van der Waals surface area (Å²) in [6.45, 7) is 5.57. The molecule has 0 amide bonds. The van der Waals surface area contributed by atoms with Gasteiger partial charge in [-0.1, -0.05) is 13.0 Å². The van der Waals surface area contributed by atoms with Crippen molar-refractivity contribution in [1.82, 2.24) is 0 Å². The standard InChI is InChI=1S/C5H9Cl/c1-3-5(2)4-6/h3,5H,1,4H2,2H3. The first-order valence-corrected chi connectivity index (χ1v) is 2.53. The molecule has 1 heteroatoms. The maximum atomic E-state index is 5.38. The molecule has 0 aromatic heterocycles. The summed E-state index contributed by atoms with van der Waals surface area (Å²) in [6.07, 6.45) is 1.84. The average molecular weight is 105 g/mol. The maximum absolute atomic E-state index is 5.38. The highest BCUT2D eigenvalue weighted by atomic mass is 35.5. The van der Waals surface area contributed by atoms with Gasteiger partial charge in [0.25, 0.3) is 0 Å². The van der Waals surface area contributed by atoms with Gasteiger partial charge in [-0.15, -0.1) is 18.2 Å². The smallest absolute Gasteiger partial charge is 0.0283 e. The zero-order chi connectivity index (χ0) is 4.99. The van der Waals surface area contributed by atoms with Gasteiger partial charge in [-0.05, 0) is 5.92 Å². The number of alkyl halides is 1. The van der Waals surface area contributed by atoms with Crippen molar-refractivity contribution in [3.05, 3.63) is 12.7 Å². The predicted octanol–water partition coefficient (Wildman–Crippen LogP) is 2.05. The van der Waals surface area contributed by atoms with Crippen LogP contribution in [0.15, 0.2) is 12.7 Å². The fraction of sp³-hybridized carbons (Fsp3) is 0.600. The number of rotatable bonds is 2. The molecule has 0 aromatic carbocycles. The Balaban J connectivity index is 2.96. The highest BCUT2D eigenvalue weighted by molar-refractivity contribution is 6.18. The van der Waals surface area contributed by atoms with E-state index >= 15 is 0 Å². The van der Waals surface area contributed by atoms with Gasteiger partial charge in [-0.25, -0.2) is 0 Å². The van der Waals surface area contributed by atoms with Crippen LogP contribution in [-0.4, -0.2) is 5.88 Å². The third-order valence-corrected chi connectivity index (χ3v) is 1.13. The van der Waals surface area contributed by atoms with Gasteiger partial charge in [-0.2, -0.15) is 0 Å². The molecule has 0 aliphatic heterocycles. The van der Waals surface area contributed by atoms with Crippen LogP contribution >= 0.6 is 11.6 Å². The monoisotopic (exact) mass is 104 g/mol. The molecule has 0 saturated heterocycles. The van der Waals surface area contributed by atoms with Crippen LogP contribution in [0.4, 0.5) is 0 Å². The van der Waals surface area contributed by atoms with E-state index in [1.54, 1.807) is 0 Å². The van der Waals surface area contributed by atoms with Crippen molar-refractivity contribution in [3.63, 3.8) is 0 Å².